The smallest absolute Gasteiger partial charge is 0.0132 e. The second-order valence-corrected chi connectivity index (χ2v) is 13.7. The molecule has 0 saturated heterocycles. The van der Waals surface area contributed by atoms with Crippen LogP contribution >= 0.6 is 0 Å². The van der Waals surface area contributed by atoms with Crippen molar-refractivity contribution in [1.82, 2.24) is 0 Å². The first-order chi connectivity index (χ1) is 13.9. The van der Waals surface area contributed by atoms with Crippen LogP contribution in [0.25, 0.3) is 0 Å². The normalized spacial score (nSPS) is 13.5. The van der Waals surface area contributed by atoms with Crippen LogP contribution in [0.3, 0.4) is 0 Å². The summed E-state index contributed by atoms with van der Waals surface area (Å²) < 4.78 is 0. The Labute approximate surface area is 193 Å². The first-order valence-electron chi connectivity index (χ1n) is 12.2. The van der Waals surface area contributed by atoms with Crippen LogP contribution in [0.5, 0.6) is 0 Å². The van der Waals surface area contributed by atoms with E-state index in [1.165, 1.54) is 39.8 Å². The minimum Gasteiger partial charge on any atom is -0.0561 e. The molecule has 0 aliphatic rings. The molecule has 0 spiro atoms. The Kier molecular flexibility index (Phi) is 7.26. The molecule has 0 aliphatic carbocycles. The molecule has 2 rings (SSSR count). The van der Waals surface area contributed by atoms with Gasteiger partial charge < -0.3 is 0 Å². The van der Waals surface area contributed by atoms with E-state index in [2.05, 4.69) is 119 Å². The Balaban J connectivity index is 2.29. The zero-order valence-electron chi connectivity index (χ0n) is 22.6. The Morgan fingerprint density at radius 3 is 0.806 bits per heavy atom. The van der Waals surface area contributed by atoms with E-state index < -0.39 is 0 Å². The minimum absolute atomic E-state index is 0.179. The van der Waals surface area contributed by atoms with Gasteiger partial charge >= 0.3 is 0 Å². The van der Waals surface area contributed by atoms with E-state index >= 15 is 0 Å². The summed E-state index contributed by atoms with van der Waals surface area (Å²) >= 11 is 0. The van der Waals surface area contributed by atoms with E-state index in [-0.39, 0.29) is 21.7 Å². The van der Waals surface area contributed by atoms with E-state index in [9.17, 15) is 0 Å². The van der Waals surface area contributed by atoms with Gasteiger partial charge in [-0.15, -0.1) is 0 Å². The molecule has 0 amide bonds. The molecule has 0 radical (unpaired) electrons. The molecule has 0 fully saturated rings. The molecule has 0 saturated carbocycles. The van der Waals surface area contributed by atoms with Gasteiger partial charge in [0.05, 0.1) is 0 Å². The number of aryl methyl sites for hydroxylation is 2. The van der Waals surface area contributed by atoms with Crippen LogP contribution in [0, 0.1) is 0 Å². The highest BCUT2D eigenvalue weighted by atomic mass is 14.3. The average molecular weight is 421 g/mol. The second kappa shape index (κ2) is 8.76. The molecule has 172 valence electrons. The molecule has 31 heavy (non-hydrogen) atoms. The highest BCUT2D eigenvalue weighted by Crippen LogP contribution is 2.32. The third-order valence-corrected chi connectivity index (χ3v) is 6.38. The Hall–Kier alpha value is -1.56. The van der Waals surface area contributed by atoms with E-state index in [0.29, 0.717) is 0 Å². The summed E-state index contributed by atoms with van der Waals surface area (Å²) in [6, 6.07) is 14.6. The summed E-state index contributed by atoms with van der Waals surface area (Å²) in [6.07, 6.45) is 3.46. The first kappa shape index (κ1) is 25.7. The average Bonchev–Trinajstić information content (AvgIpc) is 2.58. The fraction of sp³-hybridized carbons (Fsp3) is 0.613. The van der Waals surface area contributed by atoms with E-state index in [1.807, 2.05) is 0 Å². The van der Waals surface area contributed by atoms with Gasteiger partial charge in [-0.3, -0.25) is 0 Å². The van der Waals surface area contributed by atoms with Crippen molar-refractivity contribution in [2.45, 2.75) is 124 Å². The largest absolute Gasteiger partial charge is 0.0561 e. The van der Waals surface area contributed by atoms with Crippen molar-refractivity contribution in [3.8, 4) is 0 Å². The van der Waals surface area contributed by atoms with Gasteiger partial charge in [-0.1, -0.05) is 119 Å². The topological polar surface area (TPSA) is 0 Å². The monoisotopic (exact) mass is 420 g/mol. The van der Waals surface area contributed by atoms with Crippen LogP contribution in [0.4, 0.5) is 0 Å². The maximum absolute atomic E-state index is 2.45. The Bertz CT molecular complexity index is 744. The number of rotatable bonds is 4. The van der Waals surface area contributed by atoms with Gasteiger partial charge in [-0.05, 0) is 74.3 Å². The molecule has 2 aromatic carbocycles. The van der Waals surface area contributed by atoms with Gasteiger partial charge in [-0.2, -0.15) is 0 Å². The standard InChI is InChI=1S/C31H48/c1-28(2,3)24-16-22(17-25(20-24)29(4,5)6)14-13-15-23-18-26(30(7,8)9)21-27(19-23)31(10,11)12/h16-21H,13-15H2,1-12H3. The summed E-state index contributed by atoms with van der Waals surface area (Å²) in [5.41, 5.74) is 9.52. The van der Waals surface area contributed by atoms with Crippen molar-refractivity contribution in [3.05, 3.63) is 69.8 Å². The highest BCUT2D eigenvalue weighted by molar-refractivity contribution is 5.39. The lowest BCUT2D eigenvalue weighted by molar-refractivity contribution is 0.565. The number of hydrogen-bond donors (Lipinski definition) is 0. The molecule has 0 N–H and O–H groups in total. The SMILES string of the molecule is CC(C)(C)c1cc(CCCc2cc(C(C)(C)C)cc(C(C)(C)C)c2)cc(C(C)(C)C)c1. The van der Waals surface area contributed by atoms with Crippen LogP contribution in [0.1, 0.15) is 123 Å². The quantitative estimate of drug-likeness (QED) is 0.462. The Morgan fingerprint density at radius 2 is 0.613 bits per heavy atom. The van der Waals surface area contributed by atoms with Gasteiger partial charge in [0, 0.05) is 0 Å². The Morgan fingerprint density at radius 1 is 0.387 bits per heavy atom. The molecular formula is C31H48. The van der Waals surface area contributed by atoms with Crippen LogP contribution in [-0.2, 0) is 34.5 Å². The number of hydrogen-bond acceptors (Lipinski definition) is 0. The van der Waals surface area contributed by atoms with Crippen LogP contribution in [-0.4, -0.2) is 0 Å². The maximum Gasteiger partial charge on any atom is -0.0132 e. The van der Waals surface area contributed by atoms with Gasteiger partial charge in [0.15, 0.2) is 0 Å². The summed E-state index contributed by atoms with van der Waals surface area (Å²) in [4.78, 5) is 0. The summed E-state index contributed by atoms with van der Waals surface area (Å²) in [5.74, 6) is 0. The predicted octanol–water partition coefficient (Wildman–Crippen LogP) is 9.05. The molecule has 0 atom stereocenters. The third-order valence-electron chi connectivity index (χ3n) is 6.38. The van der Waals surface area contributed by atoms with Crippen molar-refractivity contribution in [1.29, 1.82) is 0 Å². The number of benzene rings is 2. The molecule has 2 aromatic rings. The molecule has 0 heterocycles. The summed E-state index contributed by atoms with van der Waals surface area (Å²) in [7, 11) is 0. The van der Waals surface area contributed by atoms with Gasteiger partial charge in [0.25, 0.3) is 0 Å². The van der Waals surface area contributed by atoms with Crippen molar-refractivity contribution in [2.75, 3.05) is 0 Å². The lowest BCUT2D eigenvalue weighted by Gasteiger charge is -2.27. The first-order valence-corrected chi connectivity index (χ1v) is 12.2. The van der Waals surface area contributed by atoms with Crippen molar-refractivity contribution >= 4 is 0 Å². The fourth-order valence-electron chi connectivity index (χ4n) is 3.90. The lowest BCUT2D eigenvalue weighted by atomic mass is 9.78. The van der Waals surface area contributed by atoms with E-state index in [1.54, 1.807) is 0 Å². The lowest BCUT2D eigenvalue weighted by Crippen LogP contribution is -2.17. The molecule has 0 nitrogen and oxygen atoms in total. The van der Waals surface area contributed by atoms with Crippen molar-refractivity contribution < 1.29 is 0 Å². The summed E-state index contributed by atoms with van der Waals surface area (Å²) in [5, 5.41) is 0. The fourth-order valence-corrected chi connectivity index (χ4v) is 3.90. The van der Waals surface area contributed by atoms with Crippen LogP contribution in [0.15, 0.2) is 36.4 Å². The van der Waals surface area contributed by atoms with E-state index in [4.69, 9.17) is 0 Å². The molecule has 0 bridgehead atoms. The van der Waals surface area contributed by atoms with Crippen LogP contribution in [0.2, 0.25) is 0 Å². The highest BCUT2D eigenvalue weighted by Gasteiger charge is 2.22. The van der Waals surface area contributed by atoms with Gasteiger partial charge in [0.2, 0.25) is 0 Å². The van der Waals surface area contributed by atoms with Crippen LogP contribution < -0.4 is 0 Å². The maximum atomic E-state index is 2.45. The second-order valence-electron chi connectivity index (χ2n) is 13.7. The van der Waals surface area contributed by atoms with Crippen molar-refractivity contribution in [3.63, 3.8) is 0 Å². The van der Waals surface area contributed by atoms with Gasteiger partial charge in [0.1, 0.15) is 0 Å². The minimum atomic E-state index is 0.179. The third kappa shape index (κ3) is 7.23. The molecular weight excluding hydrogens is 372 g/mol. The molecule has 0 heteroatoms. The summed E-state index contributed by atoms with van der Waals surface area (Å²) in [6.45, 7) is 27.9. The molecule has 0 aliphatic heterocycles. The molecule has 0 unspecified atom stereocenters. The van der Waals surface area contributed by atoms with Gasteiger partial charge in [-0.25, -0.2) is 0 Å². The molecule has 0 aromatic heterocycles. The van der Waals surface area contributed by atoms with E-state index in [0.717, 1.165) is 12.8 Å². The predicted molar refractivity (Wildman–Crippen MR) is 140 cm³/mol. The zero-order valence-corrected chi connectivity index (χ0v) is 22.6. The van der Waals surface area contributed by atoms with Crippen molar-refractivity contribution in [2.24, 2.45) is 0 Å². The zero-order chi connectivity index (χ0) is 23.8.